The average Bonchev–Trinajstić information content (AvgIpc) is 2.69. The average molecular weight is 348 g/mol. The minimum atomic E-state index is 0.334. The Morgan fingerprint density at radius 1 is 0.923 bits per heavy atom. The summed E-state index contributed by atoms with van der Waals surface area (Å²) in [5.74, 6) is 2.10. The highest BCUT2D eigenvalue weighted by molar-refractivity contribution is 5.62. The monoisotopic (exact) mass is 348 g/mol. The molecule has 0 aliphatic rings. The number of hydrogen-bond donors (Lipinski definition) is 2. The number of methoxy groups -OCH3 is 2. The van der Waals surface area contributed by atoms with E-state index in [1.807, 2.05) is 6.07 Å². The molecule has 2 N–H and O–H groups in total. The first-order valence-electron chi connectivity index (χ1n) is 7.68. The van der Waals surface area contributed by atoms with E-state index in [1.54, 1.807) is 50.6 Å². The molecule has 0 aliphatic carbocycles. The van der Waals surface area contributed by atoms with Crippen molar-refractivity contribution in [3.8, 4) is 17.6 Å². The maximum absolute atomic E-state index is 8.83. The summed E-state index contributed by atoms with van der Waals surface area (Å²) in [5, 5.41) is 22.9. The maximum atomic E-state index is 8.83. The first kappa shape index (κ1) is 17.0. The summed E-state index contributed by atoms with van der Waals surface area (Å²) in [6, 6.07) is 14.5. The molecule has 8 nitrogen and oxygen atoms in total. The third-order valence-electron chi connectivity index (χ3n) is 3.48. The Hall–Kier alpha value is -3.86. The van der Waals surface area contributed by atoms with Gasteiger partial charge in [-0.3, -0.25) is 0 Å². The lowest BCUT2D eigenvalue weighted by molar-refractivity contribution is 0.355. The molecule has 0 fully saturated rings. The summed E-state index contributed by atoms with van der Waals surface area (Å²) < 4.78 is 10.5. The molecule has 0 amide bonds. The van der Waals surface area contributed by atoms with E-state index in [0.29, 0.717) is 28.8 Å². The Bertz CT molecular complexity index is 937. The van der Waals surface area contributed by atoms with Crippen molar-refractivity contribution in [1.82, 2.24) is 15.2 Å². The van der Waals surface area contributed by atoms with Crippen LogP contribution in [0.3, 0.4) is 0 Å². The van der Waals surface area contributed by atoms with Gasteiger partial charge < -0.3 is 20.1 Å². The molecule has 0 bridgehead atoms. The van der Waals surface area contributed by atoms with Gasteiger partial charge in [0.2, 0.25) is 5.95 Å². The number of nitrogens with zero attached hydrogens (tertiary/aromatic N) is 4. The van der Waals surface area contributed by atoms with E-state index in [-0.39, 0.29) is 0 Å². The Morgan fingerprint density at radius 3 is 2.35 bits per heavy atom. The number of benzene rings is 2. The van der Waals surface area contributed by atoms with Crippen LogP contribution in [0.15, 0.2) is 48.7 Å². The van der Waals surface area contributed by atoms with E-state index in [2.05, 4.69) is 31.9 Å². The van der Waals surface area contributed by atoms with Crippen LogP contribution in [0.5, 0.6) is 11.5 Å². The van der Waals surface area contributed by atoms with Crippen molar-refractivity contribution in [3.63, 3.8) is 0 Å². The molecule has 0 spiro atoms. The van der Waals surface area contributed by atoms with E-state index >= 15 is 0 Å². The van der Waals surface area contributed by atoms with E-state index in [0.717, 1.165) is 11.4 Å². The lowest BCUT2D eigenvalue weighted by Crippen LogP contribution is -2.02. The minimum Gasteiger partial charge on any atom is -0.493 e. The molecule has 0 atom stereocenters. The maximum Gasteiger partial charge on any atom is 0.249 e. The Kier molecular flexibility index (Phi) is 5.10. The van der Waals surface area contributed by atoms with Crippen LogP contribution in [-0.4, -0.2) is 29.4 Å². The molecule has 3 rings (SSSR count). The van der Waals surface area contributed by atoms with Crippen LogP contribution in [0.2, 0.25) is 0 Å². The number of nitriles is 1. The molecule has 130 valence electrons. The lowest BCUT2D eigenvalue weighted by atomic mass is 10.2. The largest absolute Gasteiger partial charge is 0.493 e. The van der Waals surface area contributed by atoms with Gasteiger partial charge in [-0.2, -0.15) is 15.3 Å². The van der Waals surface area contributed by atoms with Crippen LogP contribution in [0.25, 0.3) is 0 Å². The van der Waals surface area contributed by atoms with Crippen molar-refractivity contribution in [2.24, 2.45) is 0 Å². The van der Waals surface area contributed by atoms with Crippen LogP contribution in [0.4, 0.5) is 23.1 Å². The number of hydrogen-bond acceptors (Lipinski definition) is 8. The smallest absolute Gasteiger partial charge is 0.249 e. The molecule has 3 aromatic rings. The Labute approximate surface area is 150 Å². The van der Waals surface area contributed by atoms with Gasteiger partial charge in [-0.25, -0.2) is 0 Å². The first-order chi connectivity index (χ1) is 12.7. The summed E-state index contributed by atoms with van der Waals surface area (Å²) in [5.41, 5.74) is 2.11. The number of ether oxygens (including phenoxy) is 2. The van der Waals surface area contributed by atoms with E-state index in [9.17, 15) is 0 Å². The zero-order chi connectivity index (χ0) is 18.4. The minimum absolute atomic E-state index is 0.334. The molecule has 8 heteroatoms. The van der Waals surface area contributed by atoms with Gasteiger partial charge in [0.1, 0.15) is 0 Å². The highest BCUT2D eigenvalue weighted by Crippen LogP contribution is 2.30. The van der Waals surface area contributed by atoms with Gasteiger partial charge in [-0.05, 0) is 36.4 Å². The second kappa shape index (κ2) is 7.81. The van der Waals surface area contributed by atoms with Gasteiger partial charge in [0, 0.05) is 17.4 Å². The summed E-state index contributed by atoms with van der Waals surface area (Å²) in [4.78, 5) is 4.37. The van der Waals surface area contributed by atoms with Gasteiger partial charge >= 0.3 is 0 Å². The molecule has 0 saturated carbocycles. The summed E-state index contributed by atoms with van der Waals surface area (Å²) in [6.07, 6.45) is 1.51. The van der Waals surface area contributed by atoms with Gasteiger partial charge in [-0.15, -0.1) is 5.10 Å². The van der Waals surface area contributed by atoms with Gasteiger partial charge in [0.25, 0.3) is 0 Å². The van der Waals surface area contributed by atoms with Crippen molar-refractivity contribution in [2.45, 2.75) is 0 Å². The number of rotatable bonds is 6. The van der Waals surface area contributed by atoms with E-state index < -0.39 is 0 Å². The van der Waals surface area contributed by atoms with Crippen LogP contribution in [0.1, 0.15) is 5.56 Å². The van der Waals surface area contributed by atoms with Crippen LogP contribution >= 0.6 is 0 Å². The van der Waals surface area contributed by atoms with Crippen molar-refractivity contribution in [2.75, 3.05) is 24.9 Å². The van der Waals surface area contributed by atoms with Crippen molar-refractivity contribution in [1.29, 1.82) is 5.26 Å². The normalized spacial score (nSPS) is 9.88. The topological polar surface area (TPSA) is 105 Å². The van der Waals surface area contributed by atoms with Gasteiger partial charge in [-0.1, -0.05) is 0 Å². The van der Waals surface area contributed by atoms with Crippen molar-refractivity contribution >= 4 is 23.1 Å². The lowest BCUT2D eigenvalue weighted by Gasteiger charge is -2.11. The molecule has 0 unspecified atom stereocenters. The quantitative estimate of drug-likeness (QED) is 0.699. The van der Waals surface area contributed by atoms with E-state index in [1.165, 1.54) is 6.20 Å². The summed E-state index contributed by atoms with van der Waals surface area (Å²) >= 11 is 0. The molecule has 0 radical (unpaired) electrons. The Balaban J connectivity index is 1.75. The predicted octanol–water partition coefficient (Wildman–Crippen LogP) is 3.25. The number of anilines is 4. The first-order valence-corrected chi connectivity index (χ1v) is 7.68. The standard InChI is InChI=1S/C18H16N6O2/c1-25-15-8-7-14(9-16(15)26-2)21-17-11-20-24-18(23-17)22-13-5-3-12(10-19)4-6-13/h3-9,11H,1-2H3,(H2,21,22,23,24). The highest BCUT2D eigenvalue weighted by Gasteiger charge is 2.07. The van der Waals surface area contributed by atoms with Crippen LogP contribution in [0, 0.1) is 11.3 Å². The predicted molar refractivity (Wildman–Crippen MR) is 97.1 cm³/mol. The van der Waals surface area contributed by atoms with Gasteiger partial charge in [0.15, 0.2) is 17.3 Å². The fourth-order valence-corrected chi connectivity index (χ4v) is 2.24. The SMILES string of the molecule is COc1ccc(Nc2cnnc(Nc3ccc(C#N)cc3)n2)cc1OC. The second-order valence-electron chi connectivity index (χ2n) is 5.17. The molecule has 0 aliphatic heterocycles. The van der Waals surface area contributed by atoms with Crippen LogP contribution < -0.4 is 20.1 Å². The van der Waals surface area contributed by atoms with Gasteiger partial charge in [0.05, 0.1) is 32.0 Å². The fourth-order valence-electron chi connectivity index (χ4n) is 2.24. The second-order valence-corrected chi connectivity index (χ2v) is 5.17. The molecule has 1 heterocycles. The Morgan fingerprint density at radius 2 is 1.65 bits per heavy atom. The third-order valence-corrected chi connectivity index (χ3v) is 3.48. The fraction of sp³-hybridized carbons (Fsp3) is 0.111. The zero-order valence-electron chi connectivity index (χ0n) is 14.2. The summed E-state index contributed by atoms with van der Waals surface area (Å²) in [6.45, 7) is 0. The molecule has 1 aromatic heterocycles. The molecule has 0 saturated heterocycles. The summed E-state index contributed by atoms with van der Waals surface area (Å²) in [7, 11) is 3.16. The molecule has 26 heavy (non-hydrogen) atoms. The zero-order valence-corrected chi connectivity index (χ0v) is 14.2. The molecular formula is C18H16N6O2. The van der Waals surface area contributed by atoms with Crippen molar-refractivity contribution < 1.29 is 9.47 Å². The van der Waals surface area contributed by atoms with Crippen molar-refractivity contribution in [3.05, 3.63) is 54.2 Å². The number of nitrogens with one attached hydrogen (secondary N) is 2. The van der Waals surface area contributed by atoms with E-state index in [4.69, 9.17) is 14.7 Å². The number of aromatic nitrogens is 3. The third kappa shape index (κ3) is 3.96. The molecular weight excluding hydrogens is 332 g/mol. The highest BCUT2D eigenvalue weighted by atomic mass is 16.5. The van der Waals surface area contributed by atoms with Crippen LogP contribution in [-0.2, 0) is 0 Å². The molecule has 2 aromatic carbocycles.